The Kier molecular flexibility index (Phi) is 2.04. The van der Waals surface area contributed by atoms with E-state index in [0.29, 0.717) is 0 Å². The standard InChI is InChI=1S/C12H14/c1-2-3-4-5-11-8-10-6-7-12(11)9-10/h1,6-8,10,12H,3-5,9H2/t10-,12-/m1/s1. The van der Waals surface area contributed by atoms with Crippen molar-refractivity contribution in [1.82, 2.24) is 0 Å². The van der Waals surface area contributed by atoms with Gasteiger partial charge in [0.05, 0.1) is 0 Å². The Morgan fingerprint density at radius 3 is 3.00 bits per heavy atom. The van der Waals surface area contributed by atoms with Crippen LogP contribution >= 0.6 is 0 Å². The predicted octanol–water partition coefficient (Wildman–Crippen LogP) is 2.92. The maximum absolute atomic E-state index is 5.21. The van der Waals surface area contributed by atoms with Gasteiger partial charge in [0, 0.05) is 6.42 Å². The summed E-state index contributed by atoms with van der Waals surface area (Å²) in [5, 5.41) is 0. The first-order valence-electron chi connectivity index (χ1n) is 4.72. The summed E-state index contributed by atoms with van der Waals surface area (Å²) in [5.74, 6) is 4.22. The van der Waals surface area contributed by atoms with E-state index in [4.69, 9.17) is 6.42 Å². The number of fused-ring (bicyclic) bond motifs is 2. The minimum Gasteiger partial charge on any atom is -0.120 e. The molecular weight excluding hydrogens is 144 g/mol. The Balaban J connectivity index is 1.84. The largest absolute Gasteiger partial charge is 0.120 e. The van der Waals surface area contributed by atoms with E-state index in [2.05, 4.69) is 24.1 Å². The second-order valence-electron chi connectivity index (χ2n) is 3.69. The number of allylic oxidation sites excluding steroid dienone is 4. The van der Waals surface area contributed by atoms with Crippen LogP contribution in [-0.4, -0.2) is 0 Å². The van der Waals surface area contributed by atoms with Gasteiger partial charge in [0.15, 0.2) is 0 Å². The van der Waals surface area contributed by atoms with E-state index in [0.717, 1.165) is 18.3 Å². The molecule has 0 heterocycles. The van der Waals surface area contributed by atoms with Gasteiger partial charge in [-0.2, -0.15) is 0 Å². The average molecular weight is 158 g/mol. The van der Waals surface area contributed by atoms with Crippen LogP contribution in [0.1, 0.15) is 25.7 Å². The van der Waals surface area contributed by atoms with E-state index in [1.54, 1.807) is 5.57 Å². The lowest BCUT2D eigenvalue weighted by atomic mass is 9.98. The molecule has 0 radical (unpaired) electrons. The van der Waals surface area contributed by atoms with Crippen molar-refractivity contribution in [3.8, 4) is 12.3 Å². The van der Waals surface area contributed by atoms with Crippen LogP contribution in [0.4, 0.5) is 0 Å². The van der Waals surface area contributed by atoms with Crippen molar-refractivity contribution >= 4 is 0 Å². The molecule has 0 unspecified atom stereocenters. The van der Waals surface area contributed by atoms with Crippen molar-refractivity contribution in [2.45, 2.75) is 25.7 Å². The molecule has 0 aromatic rings. The molecule has 0 spiro atoms. The second kappa shape index (κ2) is 3.19. The third-order valence-corrected chi connectivity index (χ3v) is 2.81. The van der Waals surface area contributed by atoms with Crippen molar-refractivity contribution in [1.29, 1.82) is 0 Å². The molecule has 0 aromatic carbocycles. The van der Waals surface area contributed by atoms with E-state index < -0.39 is 0 Å². The number of terminal acetylenes is 1. The SMILES string of the molecule is C#CCCCC1=C[C@H]2C=C[C@@H]1C2. The molecule has 0 fully saturated rings. The van der Waals surface area contributed by atoms with Crippen molar-refractivity contribution < 1.29 is 0 Å². The Morgan fingerprint density at radius 1 is 1.50 bits per heavy atom. The van der Waals surface area contributed by atoms with Gasteiger partial charge in [-0.3, -0.25) is 0 Å². The van der Waals surface area contributed by atoms with Crippen LogP contribution < -0.4 is 0 Å². The highest BCUT2D eigenvalue weighted by atomic mass is 14.3. The lowest BCUT2D eigenvalue weighted by Crippen LogP contribution is -1.93. The molecule has 62 valence electrons. The Morgan fingerprint density at radius 2 is 2.42 bits per heavy atom. The first kappa shape index (κ1) is 7.68. The highest BCUT2D eigenvalue weighted by molar-refractivity contribution is 5.29. The summed E-state index contributed by atoms with van der Waals surface area (Å²) >= 11 is 0. The molecular formula is C12H14. The van der Waals surface area contributed by atoms with E-state index in [1.807, 2.05) is 0 Å². The summed E-state index contributed by atoms with van der Waals surface area (Å²) in [6, 6.07) is 0. The fraction of sp³-hybridized carbons (Fsp3) is 0.500. The van der Waals surface area contributed by atoms with Gasteiger partial charge >= 0.3 is 0 Å². The topological polar surface area (TPSA) is 0 Å². The smallest absolute Gasteiger partial charge is 0.00891 e. The van der Waals surface area contributed by atoms with Gasteiger partial charge in [0.25, 0.3) is 0 Å². The van der Waals surface area contributed by atoms with Gasteiger partial charge in [-0.15, -0.1) is 12.3 Å². The second-order valence-corrected chi connectivity index (χ2v) is 3.69. The Bertz CT molecular complexity index is 262. The van der Waals surface area contributed by atoms with Crippen molar-refractivity contribution in [2.24, 2.45) is 11.8 Å². The van der Waals surface area contributed by atoms with E-state index in [1.165, 1.54) is 19.3 Å². The normalized spacial score (nSPS) is 30.4. The summed E-state index contributed by atoms with van der Waals surface area (Å²) in [5.41, 5.74) is 1.64. The number of rotatable bonds is 3. The number of unbranched alkanes of at least 4 members (excludes halogenated alkanes) is 1. The van der Waals surface area contributed by atoms with E-state index >= 15 is 0 Å². The Labute approximate surface area is 74.4 Å². The summed E-state index contributed by atoms with van der Waals surface area (Å²) in [6.07, 6.45) is 17.0. The molecule has 0 saturated heterocycles. The highest BCUT2D eigenvalue weighted by Crippen LogP contribution is 2.40. The van der Waals surface area contributed by atoms with Crippen molar-refractivity contribution in [2.75, 3.05) is 0 Å². The van der Waals surface area contributed by atoms with Crippen LogP contribution in [0.25, 0.3) is 0 Å². The van der Waals surface area contributed by atoms with E-state index in [-0.39, 0.29) is 0 Å². The maximum Gasteiger partial charge on any atom is 0.00891 e. The maximum atomic E-state index is 5.21. The van der Waals surface area contributed by atoms with Crippen LogP contribution in [0.3, 0.4) is 0 Å². The molecule has 0 nitrogen and oxygen atoms in total. The summed E-state index contributed by atoms with van der Waals surface area (Å²) < 4.78 is 0. The molecule has 0 aromatic heterocycles. The van der Waals surface area contributed by atoms with Crippen LogP contribution in [-0.2, 0) is 0 Å². The first-order valence-corrected chi connectivity index (χ1v) is 4.72. The predicted molar refractivity (Wildman–Crippen MR) is 51.5 cm³/mol. The molecule has 2 atom stereocenters. The summed E-state index contributed by atoms with van der Waals surface area (Å²) in [7, 11) is 0. The Hall–Kier alpha value is -0.960. The van der Waals surface area contributed by atoms with Gasteiger partial charge in [-0.25, -0.2) is 0 Å². The molecule has 2 bridgehead atoms. The first-order chi connectivity index (χ1) is 5.90. The molecule has 0 amide bonds. The van der Waals surface area contributed by atoms with Gasteiger partial charge in [0.1, 0.15) is 0 Å². The van der Waals surface area contributed by atoms with Gasteiger partial charge in [-0.1, -0.05) is 23.8 Å². The molecule has 12 heavy (non-hydrogen) atoms. The van der Waals surface area contributed by atoms with E-state index in [9.17, 15) is 0 Å². The van der Waals surface area contributed by atoms with Crippen LogP contribution in [0.15, 0.2) is 23.8 Å². The zero-order valence-corrected chi connectivity index (χ0v) is 7.29. The van der Waals surface area contributed by atoms with Crippen LogP contribution in [0, 0.1) is 24.2 Å². The zero-order chi connectivity index (χ0) is 8.39. The monoisotopic (exact) mass is 158 g/mol. The summed E-state index contributed by atoms with van der Waals surface area (Å²) in [6.45, 7) is 0. The third kappa shape index (κ3) is 1.32. The average Bonchev–Trinajstić information content (AvgIpc) is 2.65. The van der Waals surface area contributed by atoms with Crippen molar-refractivity contribution in [3.05, 3.63) is 23.8 Å². The molecule has 2 rings (SSSR count). The quantitative estimate of drug-likeness (QED) is 0.336. The molecule has 2 aliphatic rings. The lowest BCUT2D eigenvalue weighted by molar-refractivity contribution is 0.682. The minimum atomic E-state index is 0.760. The fourth-order valence-corrected chi connectivity index (χ4v) is 2.19. The zero-order valence-electron chi connectivity index (χ0n) is 7.29. The van der Waals surface area contributed by atoms with Gasteiger partial charge in [0.2, 0.25) is 0 Å². The number of hydrogen-bond acceptors (Lipinski definition) is 0. The molecule has 0 heteroatoms. The molecule has 0 N–H and O–H groups in total. The molecule has 0 aliphatic heterocycles. The highest BCUT2D eigenvalue weighted by Gasteiger charge is 2.26. The number of hydrogen-bond donors (Lipinski definition) is 0. The third-order valence-electron chi connectivity index (χ3n) is 2.81. The fourth-order valence-electron chi connectivity index (χ4n) is 2.19. The van der Waals surface area contributed by atoms with Gasteiger partial charge < -0.3 is 0 Å². The molecule has 2 aliphatic carbocycles. The van der Waals surface area contributed by atoms with Crippen LogP contribution in [0.2, 0.25) is 0 Å². The lowest BCUT2D eigenvalue weighted by Gasteiger charge is -2.07. The van der Waals surface area contributed by atoms with Crippen molar-refractivity contribution in [3.63, 3.8) is 0 Å². The molecule has 0 saturated carbocycles. The summed E-state index contributed by atoms with van der Waals surface area (Å²) in [4.78, 5) is 0. The van der Waals surface area contributed by atoms with Gasteiger partial charge in [-0.05, 0) is 31.1 Å². The minimum absolute atomic E-state index is 0.760. The van der Waals surface area contributed by atoms with Crippen LogP contribution in [0.5, 0.6) is 0 Å².